The topological polar surface area (TPSA) is 86.0 Å². The number of carbonyl (C=O) groups is 1. The maximum atomic E-state index is 10.8. The van der Waals surface area contributed by atoms with Gasteiger partial charge in [0.25, 0.3) is 0 Å². The summed E-state index contributed by atoms with van der Waals surface area (Å²) in [6.45, 7) is 3.93. The second-order valence-electron chi connectivity index (χ2n) is 3.82. The van der Waals surface area contributed by atoms with Crippen LogP contribution in [0, 0.1) is 24.2 Å². The fraction of sp³-hybridized carbons (Fsp3) is 0.417. The lowest BCUT2D eigenvalue weighted by molar-refractivity contribution is -0.141. The van der Waals surface area contributed by atoms with E-state index >= 15 is 0 Å². The van der Waals surface area contributed by atoms with Gasteiger partial charge in [-0.05, 0) is 25.5 Å². The molecule has 5 nitrogen and oxygen atoms in total. The lowest BCUT2D eigenvalue weighted by atomic mass is 10.1. The van der Waals surface area contributed by atoms with Gasteiger partial charge in [-0.15, -0.1) is 0 Å². The number of carboxylic acid groups (broad SMARTS) is 1. The Morgan fingerprint density at radius 1 is 1.65 bits per heavy atom. The Morgan fingerprint density at radius 2 is 2.35 bits per heavy atom. The Hall–Kier alpha value is -2.09. The predicted octanol–water partition coefficient (Wildman–Crippen LogP) is 1.78. The van der Waals surface area contributed by atoms with Gasteiger partial charge >= 0.3 is 5.97 Å². The molecule has 0 amide bonds. The SMILES string of the molecule is CCC(CNc1cc(C#N)cc(C)n1)C(=O)O. The van der Waals surface area contributed by atoms with E-state index < -0.39 is 11.9 Å². The minimum absolute atomic E-state index is 0.313. The molecule has 1 unspecified atom stereocenters. The molecule has 0 aliphatic carbocycles. The molecule has 0 fully saturated rings. The summed E-state index contributed by atoms with van der Waals surface area (Å²) >= 11 is 0. The Morgan fingerprint density at radius 3 is 2.88 bits per heavy atom. The van der Waals surface area contributed by atoms with Gasteiger partial charge in [0.1, 0.15) is 5.82 Å². The molecule has 0 spiro atoms. The van der Waals surface area contributed by atoms with Gasteiger partial charge in [-0.1, -0.05) is 6.92 Å². The summed E-state index contributed by atoms with van der Waals surface area (Å²) in [5.41, 5.74) is 1.25. The third-order valence-electron chi connectivity index (χ3n) is 2.45. The Bertz CT molecular complexity index is 452. The van der Waals surface area contributed by atoms with Gasteiger partial charge in [0.15, 0.2) is 0 Å². The highest BCUT2D eigenvalue weighted by molar-refractivity contribution is 5.70. The number of hydrogen-bond acceptors (Lipinski definition) is 4. The smallest absolute Gasteiger partial charge is 0.308 e. The molecule has 0 radical (unpaired) electrons. The lowest BCUT2D eigenvalue weighted by Crippen LogP contribution is -2.22. The first kappa shape index (κ1) is 13.0. The highest BCUT2D eigenvalue weighted by Gasteiger charge is 2.14. The van der Waals surface area contributed by atoms with E-state index in [1.165, 1.54) is 0 Å². The number of nitriles is 1. The molecular weight excluding hydrogens is 218 g/mol. The fourth-order valence-electron chi connectivity index (χ4n) is 1.46. The van der Waals surface area contributed by atoms with Crippen molar-refractivity contribution in [1.29, 1.82) is 5.26 Å². The maximum absolute atomic E-state index is 10.8. The van der Waals surface area contributed by atoms with Crippen molar-refractivity contribution in [2.45, 2.75) is 20.3 Å². The van der Waals surface area contributed by atoms with Crippen LogP contribution in [0.2, 0.25) is 0 Å². The molecule has 1 rings (SSSR count). The number of aliphatic carboxylic acids is 1. The van der Waals surface area contributed by atoms with Crippen LogP contribution in [-0.2, 0) is 4.79 Å². The van der Waals surface area contributed by atoms with Gasteiger partial charge in [-0.2, -0.15) is 5.26 Å². The number of aryl methyl sites for hydroxylation is 1. The molecule has 0 saturated heterocycles. The minimum atomic E-state index is -0.826. The summed E-state index contributed by atoms with van der Waals surface area (Å²) < 4.78 is 0. The van der Waals surface area contributed by atoms with E-state index in [4.69, 9.17) is 10.4 Å². The molecule has 0 aromatic carbocycles. The zero-order chi connectivity index (χ0) is 12.8. The molecule has 1 aromatic heterocycles. The van der Waals surface area contributed by atoms with Gasteiger partial charge in [-0.25, -0.2) is 4.98 Å². The van der Waals surface area contributed by atoms with E-state index in [0.717, 1.165) is 5.69 Å². The van der Waals surface area contributed by atoms with E-state index in [1.807, 2.05) is 13.0 Å². The summed E-state index contributed by atoms with van der Waals surface area (Å²) in [7, 11) is 0. The van der Waals surface area contributed by atoms with Crippen LogP contribution in [0.3, 0.4) is 0 Å². The third-order valence-corrected chi connectivity index (χ3v) is 2.45. The molecule has 0 bridgehead atoms. The highest BCUT2D eigenvalue weighted by atomic mass is 16.4. The highest BCUT2D eigenvalue weighted by Crippen LogP contribution is 2.11. The third kappa shape index (κ3) is 3.76. The van der Waals surface area contributed by atoms with Crippen molar-refractivity contribution in [3.05, 3.63) is 23.4 Å². The average molecular weight is 233 g/mol. The summed E-state index contributed by atoms with van der Waals surface area (Å²) in [6, 6.07) is 5.33. The van der Waals surface area contributed by atoms with Crippen molar-refractivity contribution < 1.29 is 9.90 Å². The van der Waals surface area contributed by atoms with Crippen LogP contribution < -0.4 is 5.32 Å². The van der Waals surface area contributed by atoms with Crippen molar-refractivity contribution >= 4 is 11.8 Å². The Labute approximate surface area is 100 Å². The number of anilines is 1. The predicted molar refractivity (Wildman–Crippen MR) is 63.6 cm³/mol. The van der Waals surface area contributed by atoms with Crippen LogP contribution in [0.25, 0.3) is 0 Å². The maximum Gasteiger partial charge on any atom is 0.308 e. The molecule has 17 heavy (non-hydrogen) atoms. The van der Waals surface area contributed by atoms with Gasteiger partial charge in [0.05, 0.1) is 17.6 Å². The first-order valence-corrected chi connectivity index (χ1v) is 5.42. The van der Waals surface area contributed by atoms with E-state index in [1.54, 1.807) is 19.1 Å². The number of pyridine rings is 1. The van der Waals surface area contributed by atoms with Gasteiger partial charge in [0, 0.05) is 12.2 Å². The van der Waals surface area contributed by atoms with Crippen LogP contribution in [0.5, 0.6) is 0 Å². The zero-order valence-electron chi connectivity index (χ0n) is 9.90. The van der Waals surface area contributed by atoms with E-state index in [-0.39, 0.29) is 0 Å². The molecule has 2 N–H and O–H groups in total. The van der Waals surface area contributed by atoms with Crippen LogP contribution in [0.1, 0.15) is 24.6 Å². The van der Waals surface area contributed by atoms with Crippen LogP contribution >= 0.6 is 0 Å². The molecule has 0 aliphatic heterocycles. The summed E-state index contributed by atoms with van der Waals surface area (Å²) in [4.78, 5) is 15.0. The normalized spacial score (nSPS) is 11.6. The van der Waals surface area contributed by atoms with E-state index in [0.29, 0.717) is 24.3 Å². The van der Waals surface area contributed by atoms with Crippen molar-refractivity contribution in [3.8, 4) is 6.07 Å². The van der Waals surface area contributed by atoms with E-state index in [9.17, 15) is 4.79 Å². The summed E-state index contributed by atoms with van der Waals surface area (Å²) in [6.07, 6.45) is 0.555. The second kappa shape index (κ2) is 5.85. The van der Waals surface area contributed by atoms with Crippen molar-refractivity contribution in [3.63, 3.8) is 0 Å². The number of nitrogens with one attached hydrogen (secondary N) is 1. The van der Waals surface area contributed by atoms with Crippen molar-refractivity contribution in [2.24, 2.45) is 5.92 Å². The summed E-state index contributed by atoms with van der Waals surface area (Å²) in [5.74, 6) is -0.725. The van der Waals surface area contributed by atoms with Crippen molar-refractivity contribution in [2.75, 3.05) is 11.9 Å². The molecule has 1 aromatic rings. The Kier molecular flexibility index (Phi) is 4.46. The molecule has 1 heterocycles. The second-order valence-corrected chi connectivity index (χ2v) is 3.82. The number of rotatable bonds is 5. The Balaban J connectivity index is 2.72. The number of hydrogen-bond donors (Lipinski definition) is 2. The first-order valence-electron chi connectivity index (χ1n) is 5.42. The molecule has 5 heteroatoms. The molecule has 0 aliphatic rings. The van der Waals surface area contributed by atoms with Gasteiger partial charge in [-0.3, -0.25) is 4.79 Å². The van der Waals surface area contributed by atoms with Gasteiger partial charge < -0.3 is 10.4 Å². The number of nitrogens with zero attached hydrogens (tertiary/aromatic N) is 2. The zero-order valence-corrected chi connectivity index (χ0v) is 9.90. The lowest BCUT2D eigenvalue weighted by Gasteiger charge is -2.12. The molecule has 90 valence electrons. The quantitative estimate of drug-likeness (QED) is 0.809. The largest absolute Gasteiger partial charge is 0.481 e. The van der Waals surface area contributed by atoms with Crippen molar-refractivity contribution in [1.82, 2.24) is 4.98 Å². The van der Waals surface area contributed by atoms with Gasteiger partial charge in [0.2, 0.25) is 0 Å². The average Bonchev–Trinajstić information content (AvgIpc) is 2.28. The number of aromatic nitrogens is 1. The van der Waals surface area contributed by atoms with Crippen LogP contribution in [-0.4, -0.2) is 22.6 Å². The summed E-state index contributed by atoms with van der Waals surface area (Å²) in [5, 5.41) is 20.6. The first-order chi connectivity index (χ1) is 8.06. The standard InChI is InChI=1S/C12H15N3O2/c1-3-10(12(16)17)7-14-11-5-9(6-13)4-8(2)15-11/h4-5,10H,3,7H2,1-2H3,(H,14,15)(H,16,17). The van der Waals surface area contributed by atoms with Crippen LogP contribution in [0.15, 0.2) is 12.1 Å². The fourth-order valence-corrected chi connectivity index (χ4v) is 1.46. The van der Waals surface area contributed by atoms with E-state index in [2.05, 4.69) is 10.3 Å². The molecule has 1 atom stereocenters. The number of carboxylic acids is 1. The monoisotopic (exact) mass is 233 g/mol. The molecule has 0 saturated carbocycles. The van der Waals surface area contributed by atoms with Crippen LogP contribution in [0.4, 0.5) is 5.82 Å². The molecular formula is C12H15N3O2. The minimum Gasteiger partial charge on any atom is -0.481 e.